The monoisotopic (exact) mass is 1670 g/mol. The molecule has 4 atom stereocenters. The van der Waals surface area contributed by atoms with Gasteiger partial charge in [-0.3, -0.25) is 0 Å². The van der Waals surface area contributed by atoms with E-state index >= 15 is 0 Å². The van der Waals surface area contributed by atoms with Gasteiger partial charge in [0.1, 0.15) is 23.0 Å². The maximum atomic E-state index is 5.89. The van der Waals surface area contributed by atoms with Crippen molar-refractivity contribution in [3.63, 3.8) is 0 Å². The number of para-hydroxylation sites is 4. The molecule has 1 aliphatic carbocycles. The molecule has 4 unspecified atom stereocenters. The van der Waals surface area contributed by atoms with Crippen LogP contribution in [0.4, 0.5) is 68.2 Å². The lowest BCUT2D eigenvalue weighted by molar-refractivity contribution is 0.0338. The molecule has 0 amide bonds. The van der Waals surface area contributed by atoms with Gasteiger partial charge in [-0.25, -0.2) is 0 Å². The summed E-state index contributed by atoms with van der Waals surface area (Å²) in [4.78, 5) is 9.74. The molecule has 6 aromatic heterocycles. The first-order valence-corrected chi connectivity index (χ1v) is 44.9. The fraction of sp³-hybridized carbons (Fsp3) is 0.158. The van der Waals surface area contributed by atoms with Crippen LogP contribution in [0.25, 0.3) is 131 Å². The Morgan fingerprint density at radius 3 is 0.547 bits per heavy atom. The lowest BCUT2D eigenvalue weighted by atomic mass is 9.66. The van der Waals surface area contributed by atoms with Gasteiger partial charge in [-0.05, 0) is 306 Å². The SMILES string of the molecule is CCn1c2ccccc2c2cc(N(c3ccc(OC)cc3)c3ccc4c(c3)c3cc(N(c5ccc(OC)cc5)c5ccc6c(c5)c5ccccc5n6CC)ccc3n4C3C(C)C(C)C3n3c4ccc(N(c5ccc(OC)cc5)c5ccc6c(c5)c5ccccc5n6CC)cc4c4cc(N(c5ccc(OC)cc5)c5ccc6c(c5)c5ccccc5n6CC)ccc43)ccc21. The van der Waals surface area contributed by atoms with Gasteiger partial charge in [0, 0.05) is 225 Å². The number of anilines is 12. The fourth-order valence-corrected chi connectivity index (χ4v) is 21.9. The molecular formula is C114H98N10O4. The first kappa shape index (κ1) is 77.5. The van der Waals surface area contributed by atoms with Gasteiger partial charge in [-0.15, -0.1) is 0 Å². The van der Waals surface area contributed by atoms with E-state index in [0.29, 0.717) is 0 Å². The van der Waals surface area contributed by atoms with Gasteiger partial charge in [0.15, 0.2) is 0 Å². The van der Waals surface area contributed by atoms with Crippen molar-refractivity contribution in [3.05, 3.63) is 340 Å². The molecular weight excluding hydrogens is 1570 g/mol. The van der Waals surface area contributed by atoms with Crippen molar-refractivity contribution in [1.82, 2.24) is 27.4 Å². The summed E-state index contributed by atoms with van der Waals surface area (Å²) in [6.45, 7) is 17.4. The largest absolute Gasteiger partial charge is 0.497 e. The Morgan fingerprint density at radius 1 is 0.195 bits per heavy atom. The van der Waals surface area contributed by atoms with Crippen molar-refractivity contribution in [2.75, 3.05) is 48.0 Å². The second kappa shape index (κ2) is 30.8. The molecule has 6 heterocycles. The molecule has 0 saturated heterocycles. The lowest BCUT2D eigenvalue weighted by Crippen LogP contribution is -2.46. The molecule has 14 nitrogen and oxygen atoms in total. The summed E-state index contributed by atoms with van der Waals surface area (Å²) in [5.41, 5.74) is 26.7. The number of hydrogen-bond acceptors (Lipinski definition) is 8. The summed E-state index contributed by atoms with van der Waals surface area (Å²) in [6.07, 6.45) is 0. The van der Waals surface area contributed by atoms with Gasteiger partial charge >= 0.3 is 0 Å². The molecule has 14 heteroatoms. The van der Waals surface area contributed by atoms with Crippen LogP contribution in [-0.2, 0) is 26.2 Å². The number of aromatic nitrogens is 6. The molecule has 0 N–H and O–H groups in total. The zero-order valence-electron chi connectivity index (χ0n) is 73.6. The summed E-state index contributed by atoms with van der Waals surface area (Å²) in [5, 5.41) is 14.3. The number of hydrogen-bond donors (Lipinski definition) is 0. The third kappa shape index (κ3) is 12.0. The Balaban J connectivity index is 0.764. The highest BCUT2D eigenvalue weighted by Gasteiger charge is 2.49. The van der Waals surface area contributed by atoms with E-state index < -0.39 is 0 Å². The van der Waals surface area contributed by atoms with Crippen LogP contribution >= 0.6 is 0 Å². The second-order valence-electron chi connectivity index (χ2n) is 34.2. The van der Waals surface area contributed by atoms with Crippen molar-refractivity contribution < 1.29 is 18.9 Å². The lowest BCUT2D eigenvalue weighted by Gasteiger charge is -2.51. The number of aryl methyl sites for hydroxylation is 4. The summed E-state index contributed by atoms with van der Waals surface area (Å²) in [6, 6.07) is 126. The van der Waals surface area contributed by atoms with Crippen LogP contribution in [-0.4, -0.2) is 55.8 Å². The maximum absolute atomic E-state index is 5.89. The second-order valence-corrected chi connectivity index (χ2v) is 34.2. The Kier molecular flexibility index (Phi) is 18.7. The first-order valence-electron chi connectivity index (χ1n) is 44.9. The van der Waals surface area contributed by atoms with Crippen molar-refractivity contribution in [1.29, 1.82) is 0 Å². The molecule has 16 aromatic carbocycles. The summed E-state index contributed by atoms with van der Waals surface area (Å²) in [7, 11) is 6.96. The molecule has 1 saturated carbocycles. The number of nitrogens with zero attached hydrogens (tertiary/aromatic N) is 10. The Morgan fingerprint density at radius 2 is 0.359 bits per heavy atom. The smallest absolute Gasteiger partial charge is 0.119 e. The minimum absolute atomic E-state index is 0.0487. The van der Waals surface area contributed by atoms with E-state index in [9.17, 15) is 0 Å². The van der Waals surface area contributed by atoms with Crippen LogP contribution < -0.4 is 38.5 Å². The normalized spacial score (nSPS) is 14.8. The maximum Gasteiger partial charge on any atom is 0.119 e. The van der Waals surface area contributed by atoms with E-state index in [2.05, 4.69) is 428 Å². The van der Waals surface area contributed by atoms with Crippen LogP contribution in [0.5, 0.6) is 23.0 Å². The van der Waals surface area contributed by atoms with Crippen molar-refractivity contribution >= 4 is 199 Å². The number of rotatable bonds is 22. The van der Waals surface area contributed by atoms with Gasteiger partial charge in [-0.1, -0.05) is 86.6 Å². The van der Waals surface area contributed by atoms with E-state index in [-0.39, 0.29) is 23.9 Å². The first-order chi connectivity index (χ1) is 62.9. The molecule has 0 aliphatic heterocycles. The minimum atomic E-state index is -0.0487. The van der Waals surface area contributed by atoms with Gasteiger partial charge in [-0.2, -0.15) is 0 Å². The van der Waals surface area contributed by atoms with E-state index in [0.717, 1.165) is 161 Å². The van der Waals surface area contributed by atoms with Crippen molar-refractivity contribution in [2.45, 2.75) is 79.8 Å². The molecule has 628 valence electrons. The molecule has 22 aromatic rings. The van der Waals surface area contributed by atoms with Crippen LogP contribution in [0, 0.1) is 11.8 Å². The number of benzene rings is 16. The van der Waals surface area contributed by atoms with Crippen molar-refractivity contribution in [2.24, 2.45) is 11.8 Å². The van der Waals surface area contributed by atoms with Crippen LogP contribution in [0.15, 0.2) is 340 Å². The van der Waals surface area contributed by atoms with Crippen LogP contribution in [0.2, 0.25) is 0 Å². The van der Waals surface area contributed by atoms with Gasteiger partial charge in [0.2, 0.25) is 0 Å². The van der Waals surface area contributed by atoms with Crippen LogP contribution in [0.1, 0.15) is 53.6 Å². The number of methoxy groups -OCH3 is 4. The predicted octanol–water partition coefficient (Wildman–Crippen LogP) is 30.4. The summed E-state index contributed by atoms with van der Waals surface area (Å²) < 4.78 is 38.8. The summed E-state index contributed by atoms with van der Waals surface area (Å²) >= 11 is 0. The van der Waals surface area contributed by atoms with Gasteiger partial charge < -0.3 is 65.9 Å². The van der Waals surface area contributed by atoms with Gasteiger partial charge in [0.25, 0.3) is 0 Å². The average Bonchev–Trinajstić information content (AvgIpc) is 1.52. The van der Waals surface area contributed by atoms with Gasteiger partial charge in [0.05, 0.1) is 40.5 Å². The molecule has 128 heavy (non-hydrogen) atoms. The number of fused-ring (bicyclic) bond motifs is 18. The van der Waals surface area contributed by atoms with E-state index in [1.54, 1.807) is 28.4 Å². The minimum Gasteiger partial charge on any atom is -0.497 e. The average molecular weight is 1670 g/mol. The topological polar surface area (TPSA) is 79.5 Å². The molecule has 1 aliphatic rings. The third-order valence-electron chi connectivity index (χ3n) is 28.1. The highest BCUT2D eigenvalue weighted by Crippen LogP contribution is 2.59. The molecule has 0 spiro atoms. The van der Waals surface area contributed by atoms with Crippen molar-refractivity contribution in [3.8, 4) is 23.0 Å². The van der Waals surface area contributed by atoms with Crippen LogP contribution in [0.3, 0.4) is 0 Å². The molecule has 23 rings (SSSR count). The van der Waals surface area contributed by atoms with E-state index in [1.807, 2.05) is 0 Å². The summed E-state index contributed by atoms with van der Waals surface area (Å²) in [5.74, 6) is 3.60. The fourth-order valence-electron chi connectivity index (χ4n) is 21.9. The Bertz CT molecular complexity index is 7210. The third-order valence-corrected chi connectivity index (χ3v) is 28.1. The number of ether oxygens (including phenoxy) is 4. The van der Waals surface area contributed by atoms with E-state index in [1.165, 1.54) is 87.2 Å². The molecule has 0 radical (unpaired) electrons. The quantitative estimate of drug-likeness (QED) is 0.0664. The molecule has 0 bridgehead atoms. The molecule has 1 fully saturated rings. The Hall–Kier alpha value is -15.3. The standard InChI is InChI=1S/C114H98N10O4/c1-11-115-101-27-19-15-23-89(101)93-63-77(39-55-105(93)115)119(73-31-47-85(125-7)48-32-73)81-43-59-109-97(67-81)98-68-82(120(74-33-49-86(126-8)50-34-74)78-40-56-106-94(64-78)90-24-16-20-28-102(90)116(106)12-2)44-60-110(98)123(109)113-71(5)72(6)114(113)124-111-61-45-83(121(75-35-51-87(127-9)52-36-75)79-41-57-107-95(65-79)91-25-17-21-29-103(91)117(107)13-3)69-99(111)100-70-84(46-62-112(100)124)122(76-37-53-88(128-10)54-38-76)80-42-58-108-96(66-80)92-26-18-22-30-104(92)118(108)14-4/h15-72,113-114H,11-14H2,1-10H3. The highest BCUT2D eigenvalue weighted by atomic mass is 16.5. The highest BCUT2D eigenvalue weighted by molar-refractivity contribution is 6.17. The van der Waals surface area contributed by atoms with E-state index in [4.69, 9.17) is 18.9 Å². The Labute approximate surface area is 743 Å². The predicted molar refractivity (Wildman–Crippen MR) is 535 cm³/mol. The zero-order chi connectivity index (χ0) is 86.4. The zero-order valence-corrected chi connectivity index (χ0v) is 73.6.